The Bertz CT molecular complexity index is 124. The van der Waals surface area contributed by atoms with Crippen molar-refractivity contribution < 1.29 is 9.13 Å². The minimum absolute atomic E-state index is 0.417. The third kappa shape index (κ3) is 18.4. The molecule has 2 rings (SSSR count). The molecule has 0 aromatic rings. The van der Waals surface area contributed by atoms with Gasteiger partial charge in [-0.3, -0.25) is 0 Å². The lowest BCUT2D eigenvalue weighted by atomic mass is 10.4. The molecule has 0 atom stereocenters. The fourth-order valence-electron chi connectivity index (χ4n) is 1.06. The van der Waals surface area contributed by atoms with Crippen LogP contribution in [0.4, 0.5) is 4.39 Å². The summed E-state index contributed by atoms with van der Waals surface area (Å²) in [6.45, 7) is 10.5. The summed E-state index contributed by atoms with van der Waals surface area (Å²) >= 11 is 0. The van der Waals surface area contributed by atoms with E-state index in [0.29, 0.717) is 0 Å². The third-order valence-electron chi connectivity index (χ3n) is 2.21. The quantitative estimate of drug-likeness (QED) is 0.748. The average molecular weight is 248 g/mol. The zero-order valence-corrected chi connectivity index (χ0v) is 11.4. The van der Waals surface area contributed by atoms with Crippen LogP contribution in [0.15, 0.2) is 0 Å². The molecule has 1 saturated heterocycles. The number of rotatable bonds is 4. The summed E-state index contributed by atoms with van der Waals surface area (Å²) in [5.41, 5.74) is 0. The van der Waals surface area contributed by atoms with Crippen molar-refractivity contribution in [1.82, 2.24) is 10.6 Å². The van der Waals surface area contributed by atoms with E-state index in [1.54, 1.807) is 0 Å². The Morgan fingerprint density at radius 3 is 1.76 bits per heavy atom. The maximum absolute atomic E-state index is 11.1. The summed E-state index contributed by atoms with van der Waals surface area (Å²) < 4.78 is 16.1. The van der Waals surface area contributed by atoms with E-state index in [4.69, 9.17) is 4.74 Å². The van der Waals surface area contributed by atoms with Gasteiger partial charge in [0.15, 0.2) is 0 Å². The number of ether oxygens (including phenoxy) is 1. The second-order valence-corrected chi connectivity index (χ2v) is 4.29. The second kappa shape index (κ2) is 13.9. The molecule has 0 spiro atoms. The summed E-state index contributed by atoms with van der Waals surface area (Å²) in [6.07, 6.45) is 3.72. The van der Waals surface area contributed by atoms with Crippen LogP contribution in [0.5, 0.6) is 0 Å². The molecule has 0 unspecified atom stereocenters. The largest absolute Gasteiger partial charge is 0.379 e. The van der Waals surface area contributed by atoms with E-state index in [2.05, 4.69) is 24.5 Å². The molecule has 0 aromatic heterocycles. The molecule has 2 aliphatic rings. The number of alkyl halides is 1. The van der Waals surface area contributed by atoms with Crippen LogP contribution in [0.3, 0.4) is 0 Å². The molecule has 3 nitrogen and oxygen atoms in total. The molecule has 4 heteroatoms. The molecule has 1 aliphatic heterocycles. The molecular weight excluding hydrogens is 219 g/mol. The van der Waals surface area contributed by atoms with Gasteiger partial charge in [0.25, 0.3) is 0 Å². The monoisotopic (exact) mass is 248 g/mol. The Morgan fingerprint density at radius 1 is 1.12 bits per heavy atom. The van der Waals surface area contributed by atoms with E-state index >= 15 is 0 Å². The normalized spacial score (nSPS) is 18.5. The smallest absolute Gasteiger partial charge is 0.100 e. The van der Waals surface area contributed by atoms with E-state index in [1.807, 2.05) is 0 Å². The maximum atomic E-state index is 11.1. The lowest BCUT2D eigenvalue weighted by Crippen LogP contribution is -2.30. The number of halogens is 1. The number of hydrogen-bond acceptors (Lipinski definition) is 3. The lowest BCUT2D eigenvalue weighted by Gasteiger charge is -2.10. The molecule has 1 aliphatic carbocycles. The highest BCUT2D eigenvalue weighted by Gasteiger charge is 2.18. The molecule has 17 heavy (non-hydrogen) atoms. The van der Waals surface area contributed by atoms with Gasteiger partial charge in [0.05, 0.1) is 13.2 Å². The Labute approximate surface area is 105 Å². The van der Waals surface area contributed by atoms with Crippen LogP contribution in [0.25, 0.3) is 0 Å². The van der Waals surface area contributed by atoms with Crippen LogP contribution in [-0.4, -0.2) is 45.6 Å². The number of morpholine rings is 1. The van der Waals surface area contributed by atoms with Gasteiger partial charge in [0.1, 0.15) is 6.17 Å². The Kier molecular flexibility index (Phi) is 13.7. The van der Waals surface area contributed by atoms with Crippen LogP contribution in [0.1, 0.15) is 39.5 Å². The van der Waals surface area contributed by atoms with Crippen LogP contribution in [0.2, 0.25) is 0 Å². The van der Waals surface area contributed by atoms with Crippen molar-refractivity contribution in [2.45, 2.75) is 45.7 Å². The van der Waals surface area contributed by atoms with Gasteiger partial charge in [0, 0.05) is 13.1 Å². The van der Waals surface area contributed by atoms with Crippen LogP contribution >= 0.6 is 0 Å². The van der Waals surface area contributed by atoms with E-state index in [-0.39, 0.29) is 0 Å². The first-order valence-electron chi connectivity index (χ1n) is 6.94. The molecule has 0 amide bonds. The van der Waals surface area contributed by atoms with Gasteiger partial charge in [-0.1, -0.05) is 13.8 Å². The fraction of sp³-hybridized carbons (Fsp3) is 1.00. The van der Waals surface area contributed by atoms with Crippen LogP contribution in [0, 0.1) is 0 Å². The Morgan fingerprint density at radius 2 is 1.59 bits per heavy atom. The molecule has 1 saturated carbocycles. The first-order valence-corrected chi connectivity index (χ1v) is 6.94. The molecule has 2 N–H and O–H groups in total. The Balaban J connectivity index is 0.000000233. The second-order valence-electron chi connectivity index (χ2n) is 4.29. The minimum atomic E-state index is -0.417. The van der Waals surface area contributed by atoms with Gasteiger partial charge >= 0.3 is 0 Å². The molecule has 0 bridgehead atoms. The maximum Gasteiger partial charge on any atom is 0.100 e. The fourth-order valence-corrected chi connectivity index (χ4v) is 1.06. The molecule has 0 radical (unpaired) electrons. The zero-order chi connectivity index (χ0) is 12.8. The number of hydrogen-bond donors (Lipinski definition) is 2. The van der Waals surface area contributed by atoms with E-state index in [1.165, 1.54) is 25.9 Å². The van der Waals surface area contributed by atoms with Crippen molar-refractivity contribution in [1.29, 1.82) is 0 Å². The predicted octanol–water partition coefficient (Wildman–Crippen LogP) is 2.12. The number of nitrogens with one attached hydrogen (secondary N) is 2. The van der Waals surface area contributed by atoms with Gasteiger partial charge in [-0.2, -0.15) is 0 Å². The molecule has 0 aromatic carbocycles. The third-order valence-corrected chi connectivity index (χ3v) is 2.21. The van der Waals surface area contributed by atoms with Crippen molar-refractivity contribution >= 4 is 0 Å². The minimum Gasteiger partial charge on any atom is -0.379 e. The van der Waals surface area contributed by atoms with Gasteiger partial charge in [-0.25, -0.2) is 4.39 Å². The Hall–Kier alpha value is -0.190. The van der Waals surface area contributed by atoms with Gasteiger partial charge in [0.2, 0.25) is 0 Å². The highest BCUT2D eigenvalue weighted by molar-refractivity contribution is 4.69. The van der Waals surface area contributed by atoms with Crippen molar-refractivity contribution in [3.05, 3.63) is 0 Å². The molecular formula is C13H29FN2O. The van der Waals surface area contributed by atoms with Crippen LogP contribution < -0.4 is 10.6 Å². The van der Waals surface area contributed by atoms with Gasteiger partial charge in [-0.15, -0.1) is 0 Å². The standard InChI is InChI=1S/C6H15N.C4H9NO.C3H5F/c1-3-5-7-6-4-2;1-3-6-4-2-5-1;4-3-1-2-3/h7H,3-6H2,1-2H3;5H,1-4H2;3H,1-2H2. The van der Waals surface area contributed by atoms with E-state index in [9.17, 15) is 4.39 Å². The highest BCUT2D eigenvalue weighted by atomic mass is 19.1. The topological polar surface area (TPSA) is 33.3 Å². The SMILES string of the molecule is C1COCCN1.CCCNCCC.FC1CC1. The zero-order valence-electron chi connectivity index (χ0n) is 11.4. The summed E-state index contributed by atoms with van der Waals surface area (Å²) in [7, 11) is 0. The lowest BCUT2D eigenvalue weighted by molar-refractivity contribution is 0.109. The van der Waals surface area contributed by atoms with Gasteiger partial charge < -0.3 is 15.4 Å². The first kappa shape index (κ1) is 16.8. The molecule has 2 fully saturated rings. The molecule has 104 valence electrons. The molecule has 1 heterocycles. The van der Waals surface area contributed by atoms with Gasteiger partial charge in [-0.05, 0) is 38.8 Å². The van der Waals surface area contributed by atoms with Crippen molar-refractivity contribution in [2.75, 3.05) is 39.4 Å². The summed E-state index contributed by atoms with van der Waals surface area (Å²) in [5, 5.41) is 6.44. The summed E-state index contributed by atoms with van der Waals surface area (Å²) in [4.78, 5) is 0. The van der Waals surface area contributed by atoms with Crippen molar-refractivity contribution in [3.63, 3.8) is 0 Å². The average Bonchev–Trinajstić information content (AvgIpc) is 3.16. The summed E-state index contributed by atoms with van der Waals surface area (Å²) in [5.74, 6) is 0. The van der Waals surface area contributed by atoms with E-state index in [0.717, 1.165) is 39.1 Å². The van der Waals surface area contributed by atoms with Crippen molar-refractivity contribution in [2.24, 2.45) is 0 Å². The predicted molar refractivity (Wildman–Crippen MR) is 71.3 cm³/mol. The highest BCUT2D eigenvalue weighted by Crippen LogP contribution is 2.22. The summed E-state index contributed by atoms with van der Waals surface area (Å²) in [6, 6.07) is 0. The van der Waals surface area contributed by atoms with Crippen LogP contribution in [-0.2, 0) is 4.74 Å². The van der Waals surface area contributed by atoms with Crippen molar-refractivity contribution in [3.8, 4) is 0 Å². The first-order chi connectivity index (χ1) is 8.31. The van der Waals surface area contributed by atoms with E-state index < -0.39 is 6.17 Å².